The molecule has 1 atom stereocenters. The van der Waals surface area contributed by atoms with Gasteiger partial charge in [-0.15, -0.1) is 0 Å². The fourth-order valence-corrected chi connectivity index (χ4v) is 2.83. The maximum atomic E-state index is 6.43. The van der Waals surface area contributed by atoms with Crippen molar-refractivity contribution in [2.24, 2.45) is 7.05 Å². The van der Waals surface area contributed by atoms with Crippen molar-refractivity contribution in [3.05, 3.63) is 46.2 Å². The molecule has 0 spiro atoms. The van der Waals surface area contributed by atoms with Gasteiger partial charge in [-0.1, -0.05) is 30.7 Å². The molecule has 5 heteroatoms. The Morgan fingerprint density at radius 2 is 2.00 bits per heavy atom. The van der Waals surface area contributed by atoms with Crippen molar-refractivity contribution in [1.29, 1.82) is 0 Å². The van der Waals surface area contributed by atoms with Gasteiger partial charge in [-0.2, -0.15) is 5.10 Å². The van der Waals surface area contributed by atoms with Gasteiger partial charge < -0.3 is 10.1 Å². The predicted octanol–water partition coefficient (Wildman–Crippen LogP) is 3.15. The Kier molecular flexibility index (Phi) is 5.26. The third-order valence-corrected chi connectivity index (χ3v) is 4.20. The van der Waals surface area contributed by atoms with Crippen LogP contribution < -0.4 is 10.1 Å². The van der Waals surface area contributed by atoms with E-state index in [0.717, 1.165) is 35.0 Å². The molecule has 4 nitrogen and oxygen atoms in total. The molecule has 0 fully saturated rings. The highest BCUT2D eigenvalue weighted by Gasteiger charge is 2.18. The average Bonchev–Trinajstić information content (AvgIpc) is 2.79. The summed E-state index contributed by atoms with van der Waals surface area (Å²) in [4.78, 5) is 0. The van der Waals surface area contributed by atoms with Crippen LogP contribution in [0.1, 0.15) is 29.9 Å². The van der Waals surface area contributed by atoms with Crippen molar-refractivity contribution >= 4 is 11.6 Å². The molecule has 2 aromatic rings. The molecule has 0 saturated carbocycles. The summed E-state index contributed by atoms with van der Waals surface area (Å²) in [5, 5.41) is 8.61. The molecule has 1 heterocycles. The summed E-state index contributed by atoms with van der Waals surface area (Å²) in [6.07, 6.45) is 1.64. The summed E-state index contributed by atoms with van der Waals surface area (Å²) in [6.45, 7) is 2.07. The summed E-state index contributed by atoms with van der Waals surface area (Å²) < 4.78 is 7.09. The van der Waals surface area contributed by atoms with Crippen LogP contribution in [0.4, 0.5) is 0 Å². The molecule has 0 saturated heterocycles. The molecule has 1 aromatic carbocycles. The minimum Gasteiger partial charge on any atom is -0.497 e. The SMILES string of the molecule is CCc1nn(C)c(CC(NC)c2ccc(OC)cc2)c1Cl. The molecule has 0 aliphatic heterocycles. The summed E-state index contributed by atoms with van der Waals surface area (Å²) in [5.74, 6) is 0.862. The number of methoxy groups -OCH3 is 1. The highest BCUT2D eigenvalue weighted by molar-refractivity contribution is 6.31. The Labute approximate surface area is 131 Å². The number of likely N-dealkylation sites (N-methyl/N-ethyl adjacent to an activating group) is 1. The van der Waals surface area contributed by atoms with Crippen LogP contribution >= 0.6 is 11.6 Å². The molecule has 0 bridgehead atoms. The minimum absolute atomic E-state index is 0.188. The first-order valence-corrected chi connectivity index (χ1v) is 7.49. The zero-order valence-corrected chi connectivity index (χ0v) is 13.7. The number of aryl methyl sites for hydroxylation is 2. The standard InChI is InChI=1S/C16H22ClN3O/c1-5-13-16(17)15(20(3)19-13)10-14(18-2)11-6-8-12(21-4)9-7-11/h6-9,14,18H,5,10H2,1-4H3. The van der Waals surface area contributed by atoms with Crippen LogP contribution in [0.3, 0.4) is 0 Å². The van der Waals surface area contributed by atoms with E-state index in [1.807, 2.05) is 30.9 Å². The van der Waals surface area contributed by atoms with Gasteiger partial charge in [-0.3, -0.25) is 4.68 Å². The Hall–Kier alpha value is -1.52. The summed E-state index contributed by atoms with van der Waals surface area (Å²) in [6, 6.07) is 8.29. The van der Waals surface area contributed by atoms with Crippen molar-refractivity contribution in [1.82, 2.24) is 15.1 Å². The minimum atomic E-state index is 0.188. The zero-order chi connectivity index (χ0) is 15.4. The number of nitrogens with zero attached hydrogens (tertiary/aromatic N) is 2. The molecule has 21 heavy (non-hydrogen) atoms. The smallest absolute Gasteiger partial charge is 0.118 e. The fourth-order valence-electron chi connectivity index (χ4n) is 2.46. The molecule has 0 aliphatic rings. The number of benzene rings is 1. The number of aromatic nitrogens is 2. The van der Waals surface area contributed by atoms with Crippen LogP contribution in [0, 0.1) is 0 Å². The van der Waals surface area contributed by atoms with Crippen LogP contribution in [0.5, 0.6) is 5.75 Å². The third-order valence-electron chi connectivity index (χ3n) is 3.77. The van der Waals surface area contributed by atoms with Gasteiger partial charge in [-0.05, 0) is 31.2 Å². The lowest BCUT2D eigenvalue weighted by molar-refractivity contribution is 0.414. The Bertz CT molecular complexity index is 592. The van der Waals surface area contributed by atoms with Gasteiger partial charge in [0.05, 0.1) is 23.5 Å². The molecule has 0 aliphatic carbocycles. The van der Waals surface area contributed by atoms with Gasteiger partial charge in [-0.25, -0.2) is 0 Å². The van der Waals surface area contributed by atoms with Gasteiger partial charge >= 0.3 is 0 Å². The van der Waals surface area contributed by atoms with E-state index in [4.69, 9.17) is 16.3 Å². The van der Waals surface area contributed by atoms with Gasteiger partial charge in [0.2, 0.25) is 0 Å². The molecule has 1 unspecified atom stereocenters. The number of hydrogen-bond donors (Lipinski definition) is 1. The molecule has 0 amide bonds. The molecule has 1 aromatic heterocycles. The van der Waals surface area contributed by atoms with Gasteiger partial charge in [0.15, 0.2) is 0 Å². The summed E-state index contributed by atoms with van der Waals surface area (Å²) >= 11 is 6.43. The van der Waals surface area contributed by atoms with Crippen molar-refractivity contribution in [2.45, 2.75) is 25.8 Å². The normalized spacial score (nSPS) is 12.4. The Morgan fingerprint density at radius 3 is 2.48 bits per heavy atom. The second kappa shape index (κ2) is 6.96. The second-order valence-corrected chi connectivity index (χ2v) is 5.38. The van der Waals surface area contributed by atoms with Crippen LogP contribution in [-0.2, 0) is 19.9 Å². The fraction of sp³-hybridized carbons (Fsp3) is 0.438. The van der Waals surface area contributed by atoms with Crippen LogP contribution in [-0.4, -0.2) is 23.9 Å². The summed E-state index contributed by atoms with van der Waals surface area (Å²) in [5.41, 5.74) is 3.22. The molecular weight excluding hydrogens is 286 g/mol. The lowest BCUT2D eigenvalue weighted by Gasteiger charge is -2.17. The van der Waals surface area contributed by atoms with Gasteiger partial charge in [0.1, 0.15) is 5.75 Å². The number of nitrogens with one attached hydrogen (secondary N) is 1. The monoisotopic (exact) mass is 307 g/mol. The first kappa shape index (κ1) is 15.9. The largest absolute Gasteiger partial charge is 0.497 e. The first-order chi connectivity index (χ1) is 10.1. The number of ether oxygens (including phenoxy) is 1. The quantitative estimate of drug-likeness (QED) is 0.891. The van der Waals surface area contributed by atoms with E-state index < -0.39 is 0 Å². The number of hydrogen-bond acceptors (Lipinski definition) is 3. The average molecular weight is 308 g/mol. The van der Waals surface area contributed by atoms with Crippen LogP contribution in [0.15, 0.2) is 24.3 Å². The number of rotatable bonds is 6. The van der Waals surface area contributed by atoms with Crippen molar-refractivity contribution in [2.75, 3.05) is 14.2 Å². The highest BCUT2D eigenvalue weighted by Crippen LogP contribution is 2.27. The molecule has 1 N–H and O–H groups in total. The molecular formula is C16H22ClN3O. The Morgan fingerprint density at radius 1 is 1.33 bits per heavy atom. The van der Waals surface area contributed by atoms with Crippen LogP contribution in [0.25, 0.3) is 0 Å². The Balaban J connectivity index is 2.24. The molecule has 114 valence electrons. The molecule has 2 rings (SSSR count). The lowest BCUT2D eigenvalue weighted by atomic mass is 10.0. The van der Waals surface area contributed by atoms with Gasteiger partial charge in [0, 0.05) is 19.5 Å². The zero-order valence-electron chi connectivity index (χ0n) is 13.0. The first-order valence-electron chi connectivity index (χ1n) is 7.12. The van der Waals surface area contributed by atoms with Crippen molar-refractivity contribution < 1.29 is 4.74 Å². The van der Waals surface area contributed by atoms with Crippen molar-refractivity contribution in [3.8, 4) is 5.75 Å². The predicted molar refractivity (Wildman–Crippen MR) is 86.1 cm³/mol. The van der Waals surface area contributed by atoms with Crippen LogP contribution in [0.2, 0.25) is 5.02 Å². The van der Waals surface area contributed by atoms with Gasteiger partial charge in [0.25, 0.3) is 0 Å². The summed E-state index contributed by atoms with van der Waals surface area (Å²) in [7, 11) is 5.58. The van der Waals surface area contributed by atoms with E-state index in [9.17, 15) is 0 Å². The molecule has 0 radical (unpaired) electrons. The van der Waals surface area contributed by atoms with Crippen molar-refractivity contribution in [3.63, 3.8) is 0 Å². The van der Waals surface area contributed by atoms with E-state index in [-0.39, 0.29) is 6.04 Å². The maximum absolute atomic E-state index is 6.43. The topological polar surface area (TPSA) is 39.1 Å². The lowest BCUT2D eigenvalue weighted by Crippen LogP contribution is -2.20. The van der Waals surface area contributed by atoms with E-state index in [0.29, 0.717) is 0 Å². The van der Waals surface area contributed by atoms with E-state index in [1.54, 1.807) is 7.11 Å². The van der Waals surface area contributed by atoms with E-state index >= 15 is 0 Å². The maximum Gasteiger partial charge on any atom is 0.118 e. The third kappa shape index (κ3) is 3.39. The highest BCUT2D eigenvalue weighted by atomic mass is 35.5. The van der Waals surface area contributed by atoms with E-state index in [2.05, 4.69) is 29.5 Å². The van der Waals surface area contributed by atoms with E-state index in [1.165, 1.54) is 5.56 Å². The number of halogens is 1. The second-order valence-electron chi connectivity index (χ2n) is 5.00.